The minimum atomic E-state index is -0.738. The molecule has 36 heavy (non-hydrogen) atoms. The molecule has 3 rings (SSSR count). The van der Waals surface area contributed by atoms with Crippen LogP contribution < -0.4 is 14.7 Å². The summed E-state index contributed by atoms with van der Waals surface area (Å²) in [5.41, 5.74) is 2.15. The normalized spacial score (nSPS) is 17.4. The van der Waals surface area contributed by atoms with Gasteiger partial charge in [0.15, 0.2) is 0 Å². The number of nitrogens with zero attached hydrogens (tertiary/aromatic N) is 1. The lowest BCUT2D eigenvalue weighted by Crippen LogP contribution is -3.11. The Hall–Kier alpha value is -2.83. The largest absolute Gasteiger partial charge is 0.872 e. The molecular weight excluding hydrogens is 476 g/mol. The van der Waals surface area contributed by atoms with Crippen LogP contribution in [-0.2, 0) is 9.59 Å². The van der Waals surface area contributed by atoms with Gasteiger partial charge in [0.1, 0.15) is 5.75 Å². The Morgan fingerprint density at radius 2 is 1.75 bits per heavy atom. The molecule has 1 unspecified atom stereocenters. The average Bonchev–Trinajstić information content (AvgIpc) is 3.12. The van der Waals surface area contributed by atoms with E-state index in [-0.39, 0.29) is 16.2 Å². The van der Waals surface area contributed by atoms with Crippen molar-refractivity contribution in [2.45, 2.75) is 53.0 Å². The number of carbonyl (C=O) groups excluding carboxylic acids is 2. The molecular formula is C29H37ClN2O4. The molecule has 0 saturated carbocycles. The number of Topliss-reactive ketones (excluding diaryl/α,β-unsaturated/α-hetero) is 1. The molecule has 2 aromatic carbocycles. The number of benzene rings is 2. The first-order valence-corrected chi connectivity index (χ1v) is 13.2. The Kier molecular flexibility index (Phi) is 9.57. The highest BCUT2D eigenvalue weighted by molar-refractivity contribution is 6.46. The van der Waals surface area contributed by atoms with Crippen LogP contribution in [0.25, 0.3) is 5.76 Å². The molecule has 1 amide bonds. The van der Waals surface area contributed by atoms with Gasteiger partial charge in [-0.1, -0.05) is 61.5 Å². The summed E-state index contributed by atoms with van der Waals surface area (Å²) >= 11 is 6.33. The maximum atomic E-state index is 13.7. The first-order chi connectivity index (χ1) is 17.2. The van der Waals surface area contributed by atoms with Crippen molar-refractivity contribution in [3.05, 3.63) is 69.8 Å². The van der Waals surface area contributed by atoms with Crippen LogP contribution in [-0.4, -0.2) is 49.4 Å². The lowest BCUT2D eigenvalue weighted by Gasteiger charge is -2.28. The smallest absolute Gasteiger partial charge is 0.295 e. The van der Waals surface area contributed by atoms with Crippen molar-refractivity contribution in [3.63, 3.8) is 0 Å². The zero-order valence-corrected chi connectivity index (χ0v) is 22.7. The highest BCUT2D eigenvalue weighted by Gasteiger charge is 2.44. The Bertz CT molecular complexity index is 1110. The fourth-order valence-corrected chi connectivity index (χ4v) is 4.92. The maximum Gasteiger partial charge on any atom is 0.295 e. The number of amides is 1. The Balaban J connectivity index is 2.05. The highest BCUT2D eigenvalue weighted by atomic mass is 35.5. The Morgan fingerprint density at radius 3 is 2.31 bits per heavy atom. The van der Waals surface area contributed by atoms with E-state index >= 15 is 0 Å². The predicted molar refractivity (Wildman–Crippen MR) is 141 cm³/mol. The number of nitrogens with one attached hydrogen (secondary N) is 1. The van der Waals surface area contributed by atoms with Gasteiger partial charge in [0.25, 0.3) is 5.91 Å². The molecule has 6 nitrogen and oxygen atoms in total. The molecule has 2 aromatic rings. The predicted octanol–water partition coefficient (Wildman–Crippen LogP) is 3.40. The summed E-state index contributed by atoms with van der Waals surface area (Å²) in [4.78, 5) is 29.4. The molecule has 1 N–H and O–H groups in total. The fraction of sp³-hybridized carbons (Fsp3) is 0.448. The summed E-state index contributed by atoms with van der Waals surface area (Å²) in [6.45, 7) is 14.1. The minimum absolute atomic E-state index is 0.0206. The van der Waals surface area contributed by atoms with Gasteiger partial charge in [0, 0.05) is 18.5 Å². The summed E-state index contributed by atoms with van der Waals surface area (Å²) < 4.78 is 5.47. The molecule has 1 heterocycles. The SMILES string of the molecule is CCOc1ccc(C([O-])=C2C(=O)C(=O)N(CCC[NH+](CC)CC)C2c2ccc(C(C)C)cc2)cc1Cl. The van der Waals surface area contributed by atoms with E-state index in [1.165, 1.54) is 11.0 Å². The van der Waals surface area contributed by atoms with Gasteiger partial charge in [-0.2, -0.15) is 0 Å². The van der Waals surface area contributed by atoms with Crippen molar-refractivity contribution in [2.75, 3.05) is 32.8 Å². The first kappa shape index (κ1) is 27.8. The topological polar surface area (TPSA) is 74.1 Å². The summed E-state index contributed by atoms with van der Waals surface area (Å²) in [5, 5.41) is 14.0. The van der Waals surface area contributed by atoms with Crippen LogP contribution in [0.15, 0.2) is 48.0 Å². The quantitative estimate of drug-likeness (QED) is 0.284. The molecule has 0 spiro atoms. The van der Waals surface area contributed by atoms with Crippen LogP contribution in [0.4, 0.5) is 0 Å². The van der Waals surface area contributed by atoms with Gasteiger partial charge >= 0.3 is 0 Å². The van der Waals surface area contributed by atoms with Crippen LogP contribution in [0.3, 0.4) is 0 Å². The highest BCUT2D eigenvalue weighted by Crippen LogP contribution is 2.40. The second-order valence-electron chi connectivity index (χ2n) is 9.43. The van der Waals surface area contributed by atoms with Crippen molar-refractivity contribution in [1.29, 1.82) is 0 Å². The number of halogens is 1. The van der Waals surface area contributed by atoms with Gasteiger partial charge in [-0.15, -0.1) is 0 Å². The molecule has 0 bridgehead atoms. The van der Waals surface area contributed by atoms with Gasteiger partial charge < -0.3 is 19.6 Å². The average molecular weight is 513 g/mol. The van der Waals surface area contributed by atoms with Crippen LogP contribution in [0, 0.1) is 0 Å². The van der Waals surface area contributed by atoms with Gasteiger partial charge in [0.05, 0.1) is 37.3 Å². The zero-order chi connectivity index (χ0) is 26.4. The molecule has 1 fully saturated rings. The van der Waals surface area contributed by atoms with E-state index in [4.69, 9.17) is 16.3 Å². The van der Waals surface area contributed by atoms with Crippen molar-refractivity contribution < 1.29 is 24.3 Å². The number of ketones is 1. The van der Waals surface area contributed by atoms with Crippen LogP contribution >= 0.6 is 11.6 Å². The molecule has 7 heteroatoms. The molecule has 0 radical (unpaired) electrons. The summed E-state index contributed by atoms with van der Waals surface area (Å²) in [7, 11) is 0. The number of quaternary nitrogens is 1. The number of carbonyl (C=O) groups is 2. The van der Waals surface area contributed by atoms with E-state index in [0.29, 0.717) is 24.8 Å². The van der Waals surface area contributed by atoms with Gasteiger partial charge in [-0.3, -0.25) is 9.59 Å². The van der Waals surface area contributed by atoms with Crippen molar-refractivity contribution >= 4 is 29.1 Å². The van der Waals surface area contributed by atoms with Crippen molar-refractivity contribution in [2.24, 2.45) is 0 Å². The number of hydrogen-bond acceptors (Lipinski definition) is 4. The molecule has 1 aliphatic rings. The summed E-state index contributed by atoms with van der Waals surface area (Å²) in [6, 6.07) is 11.8. The van der Waals surface area contributed by atoms with Crippen LogP contribution in [0.5, 0.6) is 5.75 Å². The molecule has 0 aromatic heterocycles. The number of ether oxygens (including phenoxy) is 1. The first-order valence-electron chi connectivity index (χ1n) is 12.9. The molecule has 0 aliphatic carbocycles. The molecule has 1 saturated heterocycles. The second kappa shape index (κ2) is 12.4. The lowest BCUT2D eigenvalue weighted by molar-refractivity contribution is -0.896. The fourth-order valence-electron chi connectivity index (χ4n) is 4.68. The minimum Gasteiger partial charge on any atom is -0.872 e. The molecule has 194 valence electrons. The third kappa shape index (κ3) is 5.93. The number of likely N-dealkylation sites (tertiary alicyclic amines) is 1. The van der Waals surface area contributed by atoms with Gasteiger partial charge in [-0.25, -0.2) is 0 Å². The number of rotatable bonds is 11. The Labute approximate surface area is 219 Å². The molecule has 1 aliphatic heterocycles. The second-order valence-corrected chi connectivity index (χ2v) is 9.84. The van der Waals surface area contributed by atoms with Crippen molar-refractivity contribution in [1.82, 2.24) is 4.90 Å². The lowest BCUT2D eigenvalue weighted by atomic mass is 9.93. The van der Waals surface area contributed by atoms with E-state index < -0.39 is 23.5 Å². The van der Waals surface area contributed by atoms with E-state index in [1.807, 2.05) is 31.2 Å². The van der Waals surface area contributed by atoms with E-state index in [0.717, 1.165) is 37.2 Å². The van der Waals surface area contributed by atoms with Crippen molar-refractivity contribution in [3.8, 4) is 5.75 Å². The van der Waals surface area contributed by atoms with E-state index in [1.54, 1.807) is 17.0 Å². The number of hydrogen-bond donors (Lipinski definition) is 1. The maximum absolute atomic E-state index is 13.7. The molecule has 1 atom stereocenters. The van der Waals surface area contributed by atoms with Gasteiger partial charge in [0.2, 0.25) is 5.78 Å². The summed E-state index contributed by atoms with van der Waals surface area (Å²) in [6.07, 6.45) is 0.743. The van der Waals surface area contributed by atoms with Crippen LogP contribution in [0.1, 0.15) is 69.7 Å². The standard InChI is InChI=1S/C29H37ClN2O4/c1-6-31(7-2)16-9-17-32-26(21-12-10-20(11-13-21)19(4)5)25(28(34)29(32)35)27(33)22-14-15-24(36-8-3)23(30)18-22/h10-15,18-19,26,33H,6-9,16-17H2,1-5H3. The van der Waals surface area contributed by atoms with Gasteiger partial charge in [-0.05, 0) is 55.5 Å². The summed E-state index contributed by atoms with van der Waals surface area (Å²) in [5.74, 6) is -1.03. The van der Waals surface area contributed by atoms with E-state index in [2.05, 4.69) is 27.7 Å². The monoisotopic (exact) mass is 512 g/mol. The third-order valence-electron chi connectivity index (χ3n) is 6.87. The Morgan fingerprint density at radius 1 is 1.08 bits per heavy atom. The van der Waals surface area contributed by atoms with E-state index in [9.17, 15) is 14.7 Å². The zero-order valence-electron chi connectivity index (χ0n) is 21.9. The van der Waals surface area contributed by atoms with Crippen LogP contribution in [0.2, 0.25) is 5.02 Å². The third-order valence-corrected chi connectivity index (χ3v) is 7.17.